The number of nitrogens with one attached hydrogen (secondary N) is 1. The zero-order chi connectivity index (χ0) is 11.1. The van der Waals surface area contributed by atoms with Crippen LogP contribution in [0.5, 0.6) is 0 Å². The van der Waals surface area contributed by atoms with Gasteiger partial charge in [0.05, 0.1) is 0 Å². The number of H-pyrrole nitrogens is 1. The van der Waals surface area contributed by atoms with Crippen molar-refractivity contribution in [2.24, 2.45) is 0 Å². The third-order valence-electron chi connectivity index (χ3n) is 1.80. The van der Waals surface area contributed by atoms with Crippen LogP contribution in [0.4, 0.5) is 0 Å². The van der Waals surface area contributed by atoms with E-state index in [0.717, 1.165) is 41.2 Å². The molecule has 0 spiro atoms. The monoisotopic (exact) mass is 290 g/mol. The van der Waals surface area contributed by atoms with E-state index < -0.39 is 0 Å². The maximum absolute atomic E-state index is 11.3. The van der Waals surface area contributed by atoms with Crippen LogP contribution in [-0.2, 0) is 6.42 Å². The predicted molar refractivity (Wildman–Crippen MR) is 68.0 cm³/mol. The normalized spacial score (nSPS) is 10.5. The van der Waals surface area contributed by atoms with Gasteiger partial charge in [0.15, 0.2) is 5.16 Å². The molecule has 1 heterocycles. The van der Waals surface area contributed by atoms with Gasteiger partial charge in [0.2, 0.25) is 0 Å². The van der Waals surface area contributed by atoms with Crippen molar-refractivity contribution in [1.82, 2.24) is 9.97 Å². The zero-order valence-electron chi connectivity index (χ0n) is 8.75. The van der Waals surface area contributed by atoms with Gasteiger partial charge >= 0.3 is 0 Å². The van der Waals surface area contributed by atoms with Crippen LogP contribution in [0.15, 0.2) is 16.0 Å². The topological polar surface area (TPSA) is 45.8 Å². The minimum absolute atomic E-state index is 0.0465. The maximum Gasteiger partial charge on any atom is 0.251 e. The molecule has 0 bridgehead atoms. The SMILES string of the molecule is CCCc1cc(=O)[nH]c(SCCCBr)n1. The summed E-state index contributed by atoms with van der Waals surface area (Å²) in [5.74, 6) is 0.976. The number of aromatic nitrogens is 2. The molecule has 0 saturated carbocycles. The Bertz CT molecular complexity index is 354. The smallest absolute Gasteiger partial charge is 0.251 e. The molecule has 0 aliphatic heterocycles. The fraction of sp³-hybridized carbons (Fsp3) is 0.600. The molecule has 0 unspecified atom stereocenters. The Balaban J connectivity index is 2.66. The van der Waals surface area contributed by atoms with Crippen molar-refractivity contribution < 1.29 is 0 Å². The van der Waals surface area contributed by atoms with Gasteiger partial charge in [-0.3, -0.25) is 4.79 Å². The highest BCUT2D eigenvalue weighted by Crippen LogP contribution is 2.13. The molecule has 84 valence electrons. The van der Waals surface area contributed by atoms with Gasteiger partial charge in [0.1, 0.15) is 0 Å². The van der Waals surface area contributed by atoms with Crippen molar-refractivity contribution in [2.45, 2.75) is 31.3 Å². The van der Waals surface area contributed by atoms with E-state index in [0.29, 0.717) is 0 Å². The van der Waals surface area contributed by atoms with Gasteiger partial charge in [-0.15, -0.1) is 0 Å². The maximum atomic E-state index is 11.3. The second kappa shape index (κ2) is 7.06. The van der Waals surface area contributed by atoms with Crippen LogP contribution in [0.1, 0.15) is 25.5 Å². The fourth-order valence-corrected chi connectivity index (χ4v) is 2.65. The Morgan fingerprint density at radius 3 is 3.07 bits per heavy atom. The molecule has 1 N–H and O–H groups in total. The Morgan fingerprint density at radius 1 is 1.60 bits per heavy atom. The largest absolute Gasteiger partial charge is 0.301 e. The summed E-state index contributed by atoms with van der Waals surface area (Å²) in [5, 5.41) is 1.73. The minimum Gasteiger partial charge on any atom is -0.301 e. The molecule has 0 radical (unpaired) electrons. The van der Waals surface area contributed by atoms with Crippen molar-refractivity contribution in [3.05, 3.63) is 22.1 Å². The van der Waals surface area contributed by atoms with Gasteiger partial charge in [-0.1, -0.05) is 41.0 Å². The van der Waals surface area contributed by atoms with Crippen LogP contribution in [0, 0.1) is 0 Å². The van der Waals surface area contributed by atoms with E-state index in [1.54, 1.807) is 17.8 Å². The van der Waals surface area contributed by atoms with Crippen molar-refractivity contribution >= 4 is 27.7 Å². The van der Waals surface area contributed by atoms with Crippen molar-refractivity contribution in [3.8, 4) is 0 Å². The lowest BCUT2D eigenvalue weighted by Crippen LogP contribution is -2.10. The molecule has 5 heteroatoms. The molecule has 0 saturated heterocycles. The second-order valence-electron chi connectivity index (χ2n) is 3.18. The summed E-state index contributed by atoms with van der Waals surface area (Å²) in [7, 11) is 0. The fourth-order valence-electron chi connectivity index (χ4n) is 1.16. The summed E-state index contributed by atoms with van der Waals surface area (Å²) >= 11 is 4.97. The number of halogens is 1. The van der Waals surface area contributed by atoms with Gasteiger partial charge in [-0.25, -0.2) is 4.98 Å². The molecule has 0 amide bonds. The first-order chi connectivity index (χ1) is 7.26. The molecule has 1 rings (SSSR count). The first-order valence-corrected chi connectivity index (χ1v) is 7.16. The molecular weight excluding hydrogens is 276 g/mol. The molecule has 1 aromatic heterocycles. The quantitative estimate of drug-likeness (QED) is 0.379. The highest BCUT2D eigenvalue weighted by Gasteiger charge is 2.01. The van der Waals surface area contributed by atoms with Crippen molar-refractivity contribution in [1.29, 1.82) is 0 Å². The third-order valence-corrected chi connectivity index (χ3v) is 3.32. The predicted octanol–water partition coefficient (Wildman–Crippen LogP) is 2.60. The summed E-state index contributed by atoms with van der Waals surface area (Å²) in [5.41, 5.74) is 0.845. The Kier molecular flexibility index (Phi) is 6.02. The Hall–Kier alpha value is -0.290. The number of aryl methyl sites for hydroxylation is 1. The van der Waals surface area contributed by atoms with E-state index in [1.165, 1.54) is 0 Å². The summed E-state index contributed by atoms with van der Waals surface area (Å²) in [6.45, 7) is 2.08. The van der Waals surface area contributed by atoms with Crippen LogP contribution >= 0.6 is 27.7 Å². The summed E-state index contributed by atoms with van der Waals surface area (Å²) in [6, 6.07) is 1.58. The lowest BCUT2D eigenvalue weighted by molar-refractivity contribution is 0.815. The average molecular weight is 291 g/mol. The zero-order valence-corrected chi connectivity index (χ0v) is 11.2. The molecule has 0 atom stereocenters. The highest BCUT2D eigenvalue weighted by atomic mass is 79.9. The van der Waals surface area contributed by atoms with Crippen LogP contribution in [-0.4, -0.2) is 21.1 Å². The Morgan fingerprint density at radius 2 is 2.40 bits per heavy atom. The molecular formula is C10H15BrN2OS. The lowest BCUT2D eigenvalue weighted by atomic mass is 10.2. The molecule has 0 aliphatic rings. The van der Waals surface area contributed by atoms with E-state index in [2.05, 4.69) is 32.8 Å². The number of rotatable bonds is 6. The van der Waals surface area contributed by atoms with Gasteiger partial charge < -0.3 is 4.98 Å². The third kappa shape index (κ3) is 4.84. The number of hydrogen-bond acceptors (Lipinski definition) is 3. The van der Waals surface area contributed by atoms with Crippen LogP contribution in [0.25, 0.3) is 0 Å². The van der Waals surface area contributed by atoms with E-state index in [1.807, 2.05) is 0 Å². The minimum atomic E-state index is -0.0465. The van der Waals surface area contributed by atoms with E-state index in [9.17, 15) is 4.79 Å². The summed E-state index contributed by atoms with van der Waals surface area (Å²) in [4.78, 5) is 18.4. The number of alkyl halides is 1. The van der Waals surface area contributed by atoms with Gasteiger partial charge in [-0.05, 0) is 12.8 Å². The Labute approximate surface area is 102 Å². The number of aromatic amines is 1. The molecule has 15 heavy (non-hydrogen) atoms. The molecule has 3 nitrogen and oxygen atoms in total. The first-order valence-electron chi connectivity index (χ1n) is 5.05. The summed E-state index contributed by atoms with van der Waals surface area (Å²) in [6.07, 6.45) is 2.96. The van der Waals surface area contributed by atoms with Crippen LogP contribution in [0.2, 0.25) is 0 Å². The van der Waals surface area contributed by atoms with Crippen LogP contribution in [0.3, 0.4) is 0 Å². The van der Waals surface area contributed by atoms with Gasteiger partial charge in [0.25, 0.3) is 5.56 Å². The molecule has 0 fully saturated rings. The lowest BCUT2D eigenvalue weighted by Gasteiger charge is -2.02. The van der Waals surface area contributed by atoms with Crippen LogP contribution < -0.4 is 5.56 Å². The molecule has 0 aromatic carbocycles. The highest BCUT2D eigenvalue weighted by molar-refractivity contribution is 9.09. The number of thioether (sulfide) groups is 1. The van der Waals surface area contributed by atoms with Crippen molar-refractivity contribution in [3.63, 3.8) is 0 Å². The average Bonchev–Trinajstić information content (AvgIpc) is 2.18. The molecule has 0 aliphatic carbocycles. The first kappa shape index (κ1) is 12.8. The standard InChI is InChI=1S/C10H15BrN2OS/c1-2-4-8-7-9(14)13-10(12-8)15-6-3-5-11/h7H,2-6H2,1H3,(H,12,13,14). The summed E-state index contributed by atoms with van der Waals surface area (Å²) < 4.78 is 0. The van der Waals surface area contributed by atoms with Gasteiger partial charge in [-0.2, -0.15) is 0 Å². The van der Waals surface area contributed by atoms with Gasteiger partial charge in [0, 0.05) is 22.8 Å². The molecule has 1 aromatic rings. The number of nitrogens with zero attached hydrogens (tertiary/aromatic N) is 1. The second-order valence-corrected chi connectivity index (χ2v) is 5.06. The van der Waals surface area contributed by atoms with E-state index in [-0.39, 0.29) is 5.56 Å². The van der Waals surface area contributed by atoms with E-state index >= 15 is 0 Å². The van der Waals surface area contributed by atoms with E-state index in [4.69, 9.17) is 0 Å². The number of hydrogen-bond donors (Lipinski definition) is 1. The van der Waals surface area contributed by atoms with Crippen molar-refractivity contribution in [2.75, 3.05) is 11.1 Å².